The Morgan fingerprint density at radius 3 is 2.59 bits per heavy atom. The summed E-state index contributed by atoms with van der Waals surface area (Å²) in [4.78, 5) is 35.2. The monoisotopic (exact) mass is 399 g/mol. The lowest BCUT2D eigenvalue weighted by Gasteiger charge is -2.16. The summed E-state index contributed by atoms with van der Waals surface area (Å²) >= 11 is 0. The molecule has 0 saturated heterocycles. The van der Waals surface area contributed by atoms with Crippen LogP contribution in [0, 0.1) is 6.92 Å². The lowest BCUT2D eigenvalue weighted by molar-refractivity contribution is -0.121. The first-order valence-electron chi connectivity index (χ1n) is 9.91. The van der Waals surface area contributed by atoms with Gasteiger partial charge in [0, 0.05) is 57.7 Å². The van der Waals surface area contributed by atoms with E-state index < -0.39 is 0 Å². The van der Waals surface area contributed by atoms with E-state index >= 15 is 0 Å². The van der Waals surface area contributed by atoms with Crippen LogP contribution in [0.4, 0.5) is 5.95 Å². The molecule has 0 aliphatic heterocycles. The number of nitrogens with zero attached hydrogens (tertiary/aromatic N) is 5. The van der Waals surface area contributed by atoms with Gasteiger partial charge in [-0.2, -0.15) is 5.10 Å². The smallest absolute Gasteiger partial charge is 0.254 e. The third-order valence-corrected chi connectivity index (χ3v) is 5.27. The molecule has 2 N–H and O–H groups in total. The van der Waals surface area contributed by atoms with Crippen molar-refractivity contribution >= 4 is 17.8 Å². The molecule has 2 amide bonds. The van der Waals surface area contributed by atoms with Gasteiger partial charge >= 0.3 is 0 Å². The molecule has 2 heterocycles. The van der Waals surface area contributed by atoms with E-state index in [1.807, 2.05) is 34.1 Å². The fourth-order valence-electron chi connectivity index (χ4n) is 3.59. The molecule has 2 atom stereocenters. The van der Waals surface area contributed by atoms with Gasteiger partial charge in [-0.1, -0.05) is 0 Å². The first kappa shape index (κ1) is 20.8. The molecule has 1 aliphatic carbocycles. The number of hydrogen-bond acceptors (Lipinski definition) is 6. The number of rotatable bonds is 7. The van der Waals surface area contributed by atoms with Gasteiger partial charge in [0.05, 0.1) is 11.3 Å². The average molecular weight is 399 g/mol. The van der Waals surface area contributed by atoms with Crippen LogP contribution in [0.1, 0.15) is 47.4 Å². The predicted molar refractivity (Wildman–Crippen MR) is 110 cm³/mol. The van der Waals surface area contributed by atoms with E-state index in [0.29, 0.717) is 30.0 Å². The van der Waals surface area contributed by atoms with Crippen LogP contribution in [0.5, 0.6) is 0 Å². The molecular formula is C20H29N7O2. The Hall–Kier alpha value is -2.97. The lowest BCUT2D eigenvalue weighted by atomic mass is 10.1. The summed E-state index contributed by atoms with van der Waals surface area (Å²) in [6.07, 6.45) is 6.83. The van der Waals surface area contributed by atoms with E-state index in [9.17, 15) is 9.59 Å². The SMILES string of the molecule is Cc1nc(N(C)C)ncc1C(=O)N[C@H]1CC[C@@H](NC(=O)CCc2ccnn2C)C1. The Kier molecular flexibility index (Phi) is 6.46. The molecule has 0 bridgehead atoms. The maximum absolute atomic E-state index is 12.6. The lowest BCUT2D eigenvalue weighted by Crippen LogP contribution is -2.37. The van der Waals surface area contributed by atoms with Crippen molar-refractivity contribution in [1.82, 2.24) is 30.4 Å². The molecule has 1 saturated carbocycles. The zero-order valence-electron chi connectivity index (χ0n) is 17.5. The van der Waals surface area contributed by atoms with E-state index in [0.717, 1.165) is 25.0 Å². The van der Waals surface area contributed by atoms with Crippen molar-refractivity contribution in [3.63, 3.8) is 0 Å². The summed E-state index contributed by atoms with van der Waals surface area (Å²) in [5, 5.41) is 10.3. The van der Waals surface area contributed by atoms with E-state index in [2.05, 4.69) is 25.7 Å². The third-order valence-electron chi connectivity index (χ3n) is 5.27. The number of nitrogens with one attached hydrogen (secondary N) is 2. The number of amides is 2. The average Bonchev–Trinajstić information content (AvgIpc) is 3.28. The summed E-state index contributed by atoms with van der Waals surface area (Å²) in [7, 11) is 5.59. The number of carbonyl (C=O) groups excluding carboxylic acids is 2. The fraction of sp³-hybridized carbons (Fsp3) is 0.550. The Balaban J connectivity index is 1.46. The number of carbonyl (C=O) groups is 2. The largest absolute Gasteiger partial charge is 0.353 e. The number of hydrogen-bond donors (Lipinski definition) is 2. The highest BCUT2D eigenvalue weighted by Gasteiger charge is 2.27. The minimum absolute atomic E-state index is 0.0340. The van der Waals surface area contributed by atoms with Crippen molar-refractivity contribution in [2.75, 3.05) is 19.0 Å². The van der Waals surface area contributed by atoms with Crippen LogP contribution in [0.15, 0.2) is 18.5 Å². The summed E-state index contributed by atoms with van der Waals surface area (Å²) in [6.45, 7) is 1.81. The van der Waals surface area contributed by atoms with Gasteiger partial charge in [-0.3, -0.25) is 14.3 Å². The van der Waals surface area contributed by atoms with Gasteiger partial charge in [-0.05, 0) is 38.7 Å². The Labute approximate surface area is 170 Å². The van der Waals surface area contributed by atoms with Gasteiger partial charge in [0.25, 0.3) is 5.91 Å². The van der Waals surface area contributed by atoms with Gasteiger partial charge < -0.3 is 15.5 Å². The topological polar surface area (TPSA) is 105 Å². The van der Waals surface area contributed by atoms with E-state index in [1.54, 1.807) is 22.0 Å². The quantitative estimate of drug-likeness (QED) is 0.719. The molecule has 0 aromatic carbocycles. The van der Waals surface area contributed by atoms with E-state index in [4.69, 9.17) is 0 Å². The molecule has 2 aromatic rings. The number of aryl methyl sites for hydroxylation is 3. The molecule has 9 heteroatoms. The van der Waals surface area contributed by atoms with Crippen LogP contribution in [0.3, 0.4) is 0 Å². The summed E-state index contributed by atoms with van der Waals surface area (Å²) in [5.74, 6) is 0.446. The Bertz CT molecular complexity index is 877. The second-order valence-corrected chi connectivity index (χ2v) is 7.76. The molecule has 2 aromatic heterocycles. The van der Waals surface area contributed by atoms with E-state index in [1.165, 1.54) is 0 Å². The first-order chi connectivity index (χ1) is 13.8. The van der Waals surface area contributed by atoms with Gasteiger partial charge in [0.2, 0.25) is 11.9 Å². The maximum Gasteiger partial charge on any atom is 0.254 e. The van der Waals surface area contributed by atoms with Crippen LogP contribution < -0.4 is 15.5 Å². The van der Waals surface area contributed by atoms with Gasteiger partial charge in [-0.15, -0.1) is 0 Å². The molecule has 0 radical (unpaired) electrons. The van der Waals surface area contributed by atoms with Crippen LogP contribution in [0.2, 0.25) is 0 Å². The highest BCUT2D eigenvalue weighted by Crippen LogP contribution is 2.20. The number of aromatic nitrogens is 4. The molecule has 1 aliphatic rings. The Morgan fingerprint density at radius 2 is 1.97 bits per heavy atom. The summed E-state index contributed by atoms with van der Waals surface area (Å²) in [6, 6.07) is 2.05. The van der Waals surface area contributed by atoms with E-state index in [-0.39, 0.29) is 23.9 Å². The summed E-state index contributed by atoms with van der Waals surface area (Å²) < 4.78 is 1.78. The highest BCUT2D eigenvalue weighted by atomic mass is 16.2. The fourth-order valence-corrected chi connectivity index (χ4v) is 3.59. The van der Waals surface area contributed by atoms with Crippen molar-refractivity contribution in [3.8, 4) is 0 Å². The minimum atomic E-state index is -0.166. The molecule has 3 rings (SSSR count). The van der Waals surface area contributed by atoms with Gasteiger partial charge in [0.1, 0.15) is 0 Å². The van der Waals surface area contributed by atoms with Gasteiger partial charge in [0.15, 0.2) is 0 Å². The molecule has 1 fully saturated rings. The van der Waals surface area contributed by atoms with Crippen LogP contribution in [-0.2, 0) is 18.3 Å². The standard InChI is InChI=1S/C20H29N7O2/c1-13-17(12-21-20(23-13)26(2)3)19(29)25-15-6-5-14(11-15)24-18(28)8-7-16-9-10-22-27(16)4/h9-10,12,14-15H,5-8,11H2,1-4H3,(H,24,28)(H,25,29)/t14-,15+/m1/s1. The molecule has 0 spiro atoms. The predicted octanol–water partition coefficient (Wildman–Crippen LogP) is 0.984. The van der Waals surface area contributed by atoms with Crippen LogP contribution in [-0.4, -0.2) is 57.7 Å². The first-order valence-corrected chi connectivity index (χ1v) is 9.91. The van der Waals surface area contributed by atoms with Crippen LogP contribution >= 0.6 is 0 Å². The molecule has 9 nitrogen and oxygen atoms in total. The number of anilines is 1. The van der Waals surface area contributed by atoms with Crippen molar-refractivity contribution in [1.29, 1.82) is 0 Å². The normalized spacial score (nSPS) is 18.5. The molecular weight excluding hydrogens is 370 g/mol. The van der Waals surface area contributed by atoms with Crippen molar-refractivity contribution in [3.05, 3.63) is 35.4 Å². The zero-order valence-corrected chi connectivity index (χ0v) is 17.5. The highest BCUT2D eigenvalue weighted by molar-refractivity contribution is 5.95. The maximum atomic E-state index is 12.6. The summed E-state index contributed by atoms with van der Waals surface area (Å²) in [5.41, 5.74) is 2.17. The zero-order chi connectivity index (χ0) is 21.0. The third kappa shape index (κ3) is 5.30. The molecule has 0 unspecified atom stereocenters. The second-order valence-electron chi connectivity index (χ2n) is 7.76. The van der Waals surface area contributed by atoms with Crippen molar-refractivity contribution < 1.29 is 9.59 Å². The molecule has 29 heavy (non-hydrogen) atoms. The second kappa shape index (κ2) is 9.02. The molecule has 156 valence electrons. The van der Waals surface area contributed by atoms with Crippen molar-refractivity contribution in [2.45, 2.75) is 51.1 Å². The Morgan fingerprint density at radius 1 is 1.24 bits per heavy atom. The van der Waals surface area contributed by atoms with Crippen LogP contribution in [0.25, 0.3) is 0 Å². The van der Waals surface area contributed by atoms with Crippen molar-refractivity contribution in [2.24, 2.45) is 7.05 Å². The minimum Gasteiger partial charge on any atom is -0.353 e. The van der Waals surface area contributed by atoms with Gasteiger partial charge in [-0.25, -0.2) is 9.97 Å².